The Kier molecular flexibility index (Phi) is 3.72. The Hall–Kier alpha value is -2.18. The van der Waals surface area contributed by atoms with E-state index in [1.54, 1.807) is 0 Å². The van der Waals surface area contributed by atoms with Crippen molar-refractivity contribution < 1.29 is 24.3 Å². The summed E-state index contributed by atoms with van der Waals surface area (Å²) in [4.78, 5) is 47.9. The molecule has 1 heterocycles. The fourth-order valence-electron chi connectivity index (χ4n) is 3.80. The fraction of sp³-hybridized carbons (Fsp3) is 0.600. The van der Waals surface area contributed by atoms with Crippen LogP contribution in [-0.4, -0.2) is 46.8 Å². The summed E-state index contributed by atoms with van der Waals surface area (Å²) in [6, 6.07) is 0. The first kappa shape index (κ1) is 14.7. The molecule has 3 amide bonds. The standard InChI is InChI=1S/C15H18N2O5/c18-10(16-5-3-11(19)20)4-6-17-14(21)12-8-1-2-9(7-8)13(12)15(17)22/h1-2,8-9,12-13H,3-7H2,(H,16,18)(H,19,20). The molecule has 22 heavy (non-hydrogen) atoms. The summed E-state index contributed by atoms with van der Waals surface area (Å²) in [6.45, 7) is 0.123. The van der Waals surface area contributed by atoms with Gasteiger partial charge in [0.1, 0.15) is 0 Å². The van der Waals surface area contributed by atoms with Crippen LogP contribution in [0.3, 0.4) is 0 Å². The number of aliphatic carboxylic acids is 1. The number of allylic oxidation sites excluding steroid dienone is 2. The number of carboxylic acids is 1. The summed E-state index contributed by atoms with van der Waals surface area (Å²) >= 11 is 0. The molecular formula is C15H18N2O5. The van der Waals surface area contributed by atoms with Crippen molar-refractivity contribution in [2.75, 3.05) is 13.1 Å². The number of amides is 3. The van der Waals surface area contributed by atoms with Crippen LogP contribution in [0.1, 0.15) is 19.3 Å². The molecule has 7 nitrogen and oxygen atoms in total. The summed E-state index contributed by atoms with van der Waals surface area (Å²) < 4.78 is 0. The lowest BCUT2D eigenvalue weighted by molar-refractivity contribution is -0.141. The molecule has 1 saturated carbocycles. The van der Waals surface area contributed by atoms with Crippen LogP contribution >= 0.6 is 0 Å². The molecule has 2 N–H and O–H groups in total. The molecule has 118 valence electrons. The lowest BCUT2D eigenvalue weighted by Gasteiger charge is -2.16. The summed E-state index contributed by atoms with van der Waals surface area (Å²) in [5.41, 5.74) is 0. The van der Waals surface area contributed by atoms with Gasteiger partial charge in [0.25, 0.3) is 0 Å². The van der Waals surface area contributed by atoms with Crippen molar-refractivity contribution in [3.8, 4) is 0 Å². The third-order valence-corrected chi connectivity index (χ3v) is 4.79. The summed E-state index contributed by atoms with van der Waals surface area (Å²) in [7, 11) is 0. The molecule has 2 bridgehead atoms. The first-order chi connectivity index (χ1) is 10.5. The molecule has 7 heteroatoms. The minimum absolute atomic E-state index is 0.0132. The van der Waals surface area contributed by atoms with E-state index in [2.05, 4.69) is 5.32 Å². The Balaban J connectivity index is 1.52. The average Bonchev–Trinajstić information content (AvgIpc) is 3.12. The Morgan fingerprint density at radius 3 is 2.27 bits per heavy atom. The first-order valence-corrected chi connectivity index (χ1v) is 7.51. The van der Waals surface area contributed by atoms with Gasteiger partial charge in [-0.25, -0.2) is 0 Å². The highest BCUT2D eigenvalue weighted by Gasteiger charge is 2.58. The number of nitrogens with zero attached hydrogens (tertiary/aromatic N) is 1. The third-order valence-electron chi connectivity index (χ3n) is 4.79. The smallest absolute Gasteiger partial charge is 0.305 e. The van der Waals surface area contributed by atoms with E-state index in [0.717, 1.165) is 6.42 Å². The van der Waals surface area contributed by atoms with Gasteiger partial charge in [-0.1, -0.05) is 12.2 Å². The predicted molar refractivity (Wildman–Crippen MR) is 74.3 cm³/mol. The van der Waals surface area contributed by atoms with E-state index in [1.807, 2.05) is 12.2 Å². The molecule has 1 aliphatic heterocycles. The minimum atomic E-state index is -0.985. The maximum atomic E-state index is 12.4. The van der Waals surface area contributed by atoms with Crippen LogP contribution in [0.5, 0.6) is 0 Å². The van der Waals surface area contributed by atoms with E-state index in [-0.39, 0.29) is 67.3 Å². The van der Waals surface area contributed by atoms with Crippen molar-refractivity contribution >= 4 is 23.7 Å². The monoisotopic (exact) mass is 306 g/mol. The topological polar surface area (TPSA) is 104 Å². The van der Waals surface area contributed by atoms with E-state index in [0.29, 0.717) is 0 Å². The van der Waals surface area contributed by atoms with Gasteiger partial charge in [0, 0.05) is 19.5 Å². The van der Waals surface area contributed by atoms with Crippen LogP contribution in [0, 0.1) is 23.7 Å². The molecule has 4 atom stereocenters. The predicted octanol–water partition coefficient (Wildman–Crippen LogP) is -0.225. The van der Waals surface area contributed by atoms with E-state index >= 15 is 0 Å². The van der Waals surface area contributed by atoms with Crippen LogP contribution in [0.25, 0.3) is 0 Å². The Morgan fingerprint density at radius 1 is 1.14 bits per heavy atom. The number of carbonyl (C=O) groups is 4. The third kappa shape index (κ3) is 2.40. The first-order valence-electron chi connectivity index (χ1n) is 7.51. The summed E-state index contributed by atoms with van der Waals surface area (Å²) in [6.07, 6.45) is 4.81. The van der Waals surface area contributed by atoms with Gasteiger partial charge >= 0.3 is 5.97 Å². The molecule has 0 radical (unpaired) electrons. The number of fused-ring (bicyclic) bond motifs is 5. The molecule has 0 aromatic rings. The molecule has 3 rings (SSSR count). The SMILES string of the molecule is O=C(O)CCNC(=O)CCN1C(=O)C2C3C=CC(C3)C2C1=O. The molecule has 4 unspecified atom stereocenters. The number of hydrogen-bond donors (Lipinski definition) is 2. The molecule has 2 fully saturated rings. The fourth-order valence-corrected chi connectivity index (χ4v) is 3.80. The second-order valence-electron chi connectivity index (χ2n) is 6.07. The van der Waals surface area contributed by atoms with Crippen molar-refractivity contribution in [1.29, 1.82) is 0 Å². The van der Waals surface area contributed by atoms with Crippen LogP contribution in [0.15, 0.2) is 12.2 Å². The van der Waals surface area contributed by atoms with Crippen LogP contribution in [0.4, 0.5) is 0 Å². The highest BCUT2D eigenvalue weighted by atomic mass is 16.4. The van der Waals surface area contributed by atoms with Crippen molar-refractivity contribution in [2.24, 2.45) is 23.7 Å². The molecule has 1 saturated heterocycles. The van der Waals surface area contributed by atoms with Crippen LogP contribution in [-0.2, 0) is 19.2 Å². The van der Waals surface area contributed by atoms with Crippen molar-refractivity contribution in [1.82, 2.24) is 10.2 Å². The zero-order chi connectivity index (χ0) is 15.9. The van der Waals surface area contributed by atoms with E-state index < -0.39 is 5.97 Å². The number of hydrogen-bond acceptors (Lipinski definition) is 4. The van der Waals surface area contributed by atoms with E-state index in [4.69, 9.17) is 5.11 Å². The molecule has 0 aromatic heterocycles. The quantitative estimate of drug-likeness (QED) is 0.521. The van der Waals surface area contributed by atoms with Gasteiger partial charge in [-0.05, 0) is 18.3 Å². The van der Waals surface area contributed by atoms with Gasteiger partial charge in [-0.3, -0.25) is 24.1 Å². The number of rotatable bonds is 6. The largest absolute Gasteiger partial charge is 0.481 e. The lowest BCUT2D eigenvalue weighted by Crippen LogP contribution is -2.37. The minimum Gasteiger partial charge on any atom is -0.481 e. The second kappa shape index (κ2) is 5.55. The second-order valence-corrected chi connectivity index (χ2v) is 6.07. The lowest BCUT2D eigenvalue weighted by atomic mass is 9.85. The normalized spacial score (nSPS) is 31.7. The van der Waals surface area contributed by atoms with Gasteiger partial charge in [-0.2, -0.15) is 0 Å². The number of imide groups is 1. The average molecular weight is 306 g/mol. The number of carbonyl (C=O) groups excluding carboxylic acids is 3. The number of likely N-dealkylation sites (tertiary alicyclic amines) is 1. The summed E-state index contributed by atoms with van der Waals surface area (Å²) in [5, 5.41) is 11.0. The van der Waals surface area contributed by atoms with Crippen LogP contribution in [0.2, 0.25) is 0 Å². The number of nitrogens with one attached hydrogen (secondary N) is 1. The molecule has 3 aliphatic rings. The Bertz CT molecular complexity index is 540. The number of carboxylic acid groups (broad SMARTS) is 1. The molecular weight excluding hydrogens is 288 g/mol. The maximum absolute atomic E-state index is 12.4. The zero-order valence-corrected chi connectivity index (χ0v) is 12.0. The maximum Gasteiger partial charge on any atom is 0.305 e. The Labute approximate surface area is 127 Å². The van der Waals surface area contributed by atoms with Crippen molar-refractivity contribution in [3.63, 3.8) is 0 Å². The highest BCUT2D eigenvalue weighted by Crippen LogP contribution is 2.52. The molecule has 0 aromatic carbocycles. The highest BCUT2D eigenvalue weighted by molar-refractivity contribution is 6.06. The van der Waals surface area contributed by atoms with Gasteiger partial charge in [-0.15, -0.1) is 0 Å². The van der Waals surface area contributed by atoms with Gasteiger partial charge < -0.3 is 10.4 Å². The summed E-state index contributed by atoms with van der Waals surface area (Å²) in [5.74, 6) is -1.80. The van der Waals surface area contributed by atoms with Crippen molar-refractivity contribution in [2.45, 2.75) is 19.3 Å². The van der Waals surface area contributed by atoms with Gasteiger partial charge in [0.2, 0.25) is 17.7 Å². The van der Waals surface area contributed by atoms with Crippen LogP contribution < -0.4 is 5.32 Å². The van der Waals surface area contributed by atoms with E-state index in [1.165, 1.54) is 4.90 Å². The van der Waals surface area contributed by atoms with Gasteiger partial charge in [0.05, 0.1) is 18.3 Å². The van der Waals surface area contributed by atoms with Gasteiger partial charge in [0.15, 0.2) is 0 Å². The molecule has 2 aliphatic carbocycles. The molecule has 0 spiro atoms. The Morgan fingerprint density at radius 2 is 1.73 bits per heavy atom. The zero-order valence-electron chi connectivity index (χ0n) is 12.0. The van der Waals surface area contributed by atoms with Crippen molar-refractivity contribution in [3.05, 3.63) is 12.2 Å². The van der Waals surface area contributed by atoms with E-state index in [9.17, 15) is 19.2 Å².